The zero-order chi connectivity index (χ0) is 18.0. The van der Waals surface area contributed by atoms with Crippen LogP contribution in [0.2, 0.25) is 0 Å². The largest absolute Gasteiger partial charge is 0.476 e. The molecule has 0 saturated heterocycles. The number of amides is 1. The van der Waals surface area contributed by atoms with Gasteiger partial charge in [-0.1, -0.05) is 18.2 Å². The van der Waals surface area contributed by atoms with Crippen LogP contribution >= 0.6 is 0 Å². The summed E-state index contributed by atoms with van der Waals surface area (Å²) in [4.78, 5) is 38.2. The van der Waals surface area contributed by atoms with Crippen LogP contribution in [0.5, 0.6) is 0 Å². The zero-order valence-electron chi connectivity index (χ0n) is 14.2. The van der Waals surface area contributed by atoms with Crippen molar-refractivity contribution in [1.29, 1.82) is 0 Å². The lowest BCUT2D eigenvalue weighted by Crippen LogP contribution is -2.45. The van der Waals surface area contributed by atoms with Crippen molar-refractivity contribution in [2.45, 2.75) is 46.3 Å². The van der Waals surface area contributed by atoms with E-state index < -0.39 is 11.5 Å². The van der Waals surface area contributed by atoms with Crippen LogP contribution in [0.4, 0.5) is 0 Å². The monoisotopic (exact) mass is 331 g/mol. The topological polar surface area (TPSA) is 92.5 Å². The predicted molar refractivity (Wildman–Crippen MR) is 90.1 cm³/mol. The average molecular weight is 331 g/mol. The maximum atomic E-state index is 12.5. The molecule has 0 aliphatic carbocycles. The Morgan fingerprint density at radius 1 is 1.12 bits per heavy atom. The summed E-state index contributed by atoms with van der Waals surface area (Å²) >= 11 is 0. The molecule has 0 unspecified atom stereocenters. The first kappa shape index (κ1) is 17.7. The highest BCUT2D eigenvalue weighted by atomic mass is 16.4. The van der Waals surface area contributed by atoms with Gasteiger partial charge >= 0.3 is 5.97 Å². The fourth-order valence-corrected chi connectivity index (χ4v) is 2.88. The maximum Gasteiger partial charge on any atom is 0.357 e. The van der Waals surface area contributed by atoms with Gasteiger partial charge in [-0.15, -0.1) is 0 Å². The first-order valence-electron chi connectivity index (χ1n) is 7.78. The smallest absolute Gasteiger partial charge is 0.357 e. The number of rotatable bonds is 5. The molecule has 1 N–H and O–H groups in total. The van der Waals surface area contributed by atoms with Gasteiger partial charge in [0.1, 0.15) is 6.54 Å². The van der Waals surface area contributed by atoms with Crippen molar-refractivity contribution in [2.75, 3.05) is 0 Å². The molecule has 0 aliphatic heterocycles. The minimum Gasteiger partial charge on any atom is -0.476 e. The highest BCUT2D eigenvalue weighted by molar-refractivity contribution is 6.01. The second kappa shape index (κ2) is 6.82. The number of nitrogens with zero attached hydrogens (tertiary/aromatic N) is 3. The SMILES string of the molecule is CC(C)N(C(=O)Cn1nc(C(=O)O)c2ccccc2c1=O)C(C)C. The van der Waals surface area contributed by atoms with Crippen LogP contribution in [0.3, 0.4) is 0 Å². The van der Waals surface area contributed by atoms with Crippen molar-refractivity contribution >= 4 is 22.6 Å². The Hall–Kier alpha value is -2.70. The number of carbonyl (C=O) groups excluding carboxylic acids is 1. The van der Waals surface area contributed by atoms with Gasteiger partial charge in [0.2, 0.25) is 5.91 Å². The minimum absolute atomic E-state index is 0.0346. The number of benzene rings is 1. The highest BCUT2D eigenvalue weighted by Gasteiger charge is 2.23. The fraction of sp³-hybridized carbons (Fsp3) is 0.412. The van der Waals surface area contributed by atoms with Gasteiger partial charge in [0.25, 0.3) is 5.56 Å². The van der Waals surface area contributed by atoms with E-state index in [0.29, 0.717) is 0 Å². The molecule has 0 fully saturated rings. The Labute approximate surface area is 139 Å². The number of hydrogen-bond donors (Lipinski definition) is 1. The third kappa shape index (κ3) is 3.29. The lowest BCUT2D eigenvalue weighted by Gasteiger charge is -2.30. The van der Waals surface area contributed by atoms with Crippen LogP contribution in [-0.2, 0) is 11.3 Å². The first-order valence-corrected chi connectivity index (χ1v) is 7.78. The van der Waals surface area contributed by atoms with Crippen molar-refractivity contribution in [3.05, 3.63) is 40.3 Å². The first-order chi connectivity index (χ1) is 11.2. The van der Waals surface area contributed by atoms with E-state index in [1.165, 1.54) is 12.1 Å². The van der Waals surface area contributed by atoms with E-state index in [1.54, 1.807) is 17.0 Å². The molecule has 0 atom stereocenters. The van der Waals surface area contributed by atoms with Gasteiger partial charge in [0, 0.05) is 17.5 Å². The van der Waals surface area contributed by atoms with E-state index >= 15 is 0 Å². The van der Waals surface area contributed by atoms with Gasteiger partial charge in [0.05, 0.1) is 5.39 Å². The molecule has 7 nitrogen and oxygen atoms in total. The number of carboxylic acid groups (broad SMARTS) is 1. The van der Waals surface area contributed by atoms with Crippen molar-refractivity contribution in [3.63, 3.8) is 0 Å². The standard InChI is InChI=1S/C17H21N3O4/c1-10(2)20(11(3)4)14(21)9-19-16(22)13-8-6-5-7-12(13)15(18-19)17(23)24/h5-8,10-11H,9H2,1-4H3,(H,23,24). The maximum absolute atomic E-state index is 12.5. The summed E-state index contributed by atoms with van der Waals surface area (Å²) in [6.45, 7) is 7.25. The molecule has 7 heteroatoms. The summed E-state index contributed by atoms with van der Waals surface area (Å²) in [7, 11) is 0. The molecular formula is C17H21N3O4. The molecule has 1 heterocycles. The number of aromatic nitrogens is 2. The van der Waals surface area contributed by atoms with Gasteiger partial charge in [-0.2, -0.15) is 5.10 Å². The molecule has 128 valence electrons. The van der Waals surface area contributed by atoms with Crippen LogP contribution in [0.25, 0.3) is 10.8 Å². The molecular weight excluding hydrogens is 310 g/mol. The summed E-state index contributed by atoms with van der Waals surface area (Å²) in [6, 6.07) is 6.30. The van der Waals surface area contributed by atoms with Gasteiger partial charge < -0.3 is 10.0 Å². The van der Waals surface area contributed by atoms with E-state index in [0.717, 1.165) is 4.68 Å². The van der Waals surface area contributed by atoms with Crippen LogP contribution in [0.1, 0.15) is 38.2 Å². The van der Waals surface area contributed by atoms with Crippen molar-refractivity contribution < 1.29 is 14.7 Å². The molecule has 0 saturated carbocycles. The number of carbonyl (C=O) groups is 2. The summed E-state index contributed by atoms with van der Waals surface area (Å²) in [6.07, 6.45) is 0. The molecule has 1 aromatic carbocycles. The summed E-state index contributed by atoms with van der Waals surface area (Å²) < 4.78 is 0.936. The molecule has 24 heavy (non-hydrogen) atoms. The third-order valence-corrected chi connectivity index (χ3v) is 3.76. The van der Waals surface area contributed by atoms with Crippen molar-refractivity contribution in [3.8, 4) is 0 Å². The second-order valence-electron chi connectivity index (χ2n) is 6.15. The molecule has 1 amide bonds. The Kier molecular flexibility index (Phi) is 5.02. The van der Waals surface area contributed by atoms with E-state index in [1.807, 2.05) is 27.7 Å². The molecule has 0 spiro atoms. The Balaban J connectivity index is 2.53. The highest BCUT2D eigenvalue weighted by Crippen LogP contribution is 2.13. The zero-order valence-corrected chi connectivity index (χ0v) is 14.2. The number of hydrogen-bond acceptors (Lipinski definition) is 4. The van der Waals surface area contributed by atoms with Crippen LogP contribution < -0.4 is 5.56 Å². The number of carboxylic acids is 1. The molecule has 0 bridgehead atoms. The van der Waals surface area contributed by atoms with E-state index in [9.17, 15) is 19.5 Å². The molecule has 2 aromatic rings. The van der Waals surface area contributed by atoms with Crippen molar-refractivity contribution in [1.82, 2.24) is 14.7 Å². The van der Waals surface area contributed by atoms with Crippen molar-refractivity contribution in [2.24, 2.45) is 0 Å². The van der Waals surface area contributed by atoms with Gasteiger partial charge in [0.15, 0.2) is 5.69 Å². The molecule has 1 aromatic heterocycles. The average Bonchev–Trinajstić information content (AvgIpc) is 2.49. The Morgan fingerprint density at radius 2 is 1.67 bits per heavy atom. The van der Waals surface area contributed by atoms with Gasteiger partial charge in [-0.25, -0.2) is 9.48 Å². The van der Waals surface area contributed by atoms with E-state index in [-0.39, 0.29) is 41.0 Å². The van der Waals surface area contributed by atoms with E-state index in [2.05, 4.69) is 5.10 Å². The van der Waals surface area contributed by atoms with E-state index in [4.69, 9.17) is 0 Å². The summed E-state index contributed by atoms with van der Waals surface area (Å²) in [5.41, 5.74) is -0.713. The lowest BCUT2D eigenvalue weighted by molar-refractivity contribution is -0.135. The van der Waals surface area contributed by atoms with Crippen LogP contribution in [-0.4, -0.2) is 43.7 Å². The number of fused-ring (bicyclic) bond motifs is 1. The van der Waals surface area contributed by atoms with Gasteiger partial charge in [-0.3, -0.25) is 9.59 Å². The minimum atomic E-state index is -1.24. The quantitative estimate of drug-likeness (QED) is 0.901. The van der Waals surface area contributed by atoms with Gasteiger partial charge in [-0.05, 0) is 33.8 Å². The number of aromatic carboxylic acids is 1. The molecule has 0 aliphatic rings. The summed E-state index contributed by atoms with van der Waals surface area (Å²) in [5.74, 6) is -1.52. The normalized spacial score (nSPS) is 11.2. The van der Waals surface area contributed by atoms with Crippen LogP contribution in [0.15, 0.2) is 29.1 Å². The Morgan fingerprint density at radius 3 is 2.17 bits per heavy atom. The molecule has 2 rings (SSSR count). The molecule has 0 radical (unpaired) electrons. The lowest BCUT2D eigenvalue weighted by atomic mass is 10.1. The van der Waals surface area contributed by atoms with Crippen LogP contribution in [0, 0.1) is 0 Å². The predicted octanol–water partition coefficient (Wildman–Crippen LogP) is 1.74. The fourth-order valence-electron chi connectivity index (χ4n) is 2.88. The summed E-state index contributed by atoms with van der Waals surface area (Å²) in [5, 5.41) is 13.7. The Bertz CT molecular complexity index is 831. The third-order valence-electron chi connectivity index (χ3n) is 3.76. The second-order valence-corrected chi connectivity index (χ2v) is 6.15.